The van der Waals surface area contributed by atoms with Crippen LogP contribution in [0.25, 0.3) is 0 Å². The van der Waals surface area contributed by atoms with Gasteiger partial charge in [-0.15, -0.1) is 0 Å². The largest absolute Gasteiger partial charge is 0.393 e. The number of aliphatic hydroxyl groups is 2. The van der Waals surface area contributed by atoms with Gasteiger partial charge in [-0.1, -0.05) is 43.7 Å². The predicted octanol–water partition coefficient (Wildman–Crippen LogP) is 4.50. The molecule has 136 valence electrons. The van der Waals surface area contributed by atoms with Crippen molar-refractivity contribution in [3.63, 3.8) is 0 Å². The van der Waals surface area contributed by atoms with Crippen LogP contribution in [0.2, 0.25) is 0 Å². The fraction of sp³-hybridized carbons (Fsp3) is 0.667. The molecule has 0 radical (unpaired) electrons. The molecule has 2 N–H and O–H groups in total. The highest BCUT2D eigenvalue weighted by Gasteiger charge is 2.23. The maximum Gasteiger partial charge on any atom is 0.163 e. The molecular formula is C21H34O3. The Balaban J connectivity index is 2.21. The number of rotatable bonds is 9. The number of ketones is 1. The van der Waals surface area contributed by atoms with E-state index in [-0.39, 0.29) is 11.9 Å². The van der Waals surface area contributed by atoms with E-state index >= 15 is 0 Å². The van der Waals surface area contributed by atoms with Crippen LogP contribution in [0.5, 0.6) is 0 Å². The minimum absolute atomic E-state index is 0.0734. The maximum atomic E-state index is 11.7. The highest BCUT2D eigenvalue weighted by atomic mass is 16.3. The number of aliphatic hydroxyl groups excluding tert-OH is 1. The fourth-order valence-corrected chi connectivity index (χ4v) is 2.88. The summed E-state index contributed by atoms with van der Waals surface area (Å²) in [6.07, 6.45) is 13.0. The highest BCUT2D eigenvalue weighted by molar-refractivity contribution is 5.86. The van der Waals surface area contributed by atoms with Gasteiger partial charge >= 0.3 is 0 Å². The monoisotopic (exact) mass is 334 g/mol. The standard InChI is InChI=1S/C21H34O3/c1-16(11-14-20(23)21(3,4)24)9-7-5-6-8-10-18-15-19(22)13-12-17(18)2/h6,8,10,16,19,22,24H,2,5,7,9,11-15H2,1,3-4H3/b8-6+,18-10-/t16-,19+/m1/s1. The third-order valence-corrected chi connectivity index (χ3v) is 4.74. The molecule has 3 nitrogen and oxygen atoms in total. The molecule has 0 spiro atoms. The van der Waals surface area contributed by atoms with Gasteiger partial charge in [-0.05, 0) is 63.9 Å². The van der Waals surface area contributed by atoms with Gasteiger partial charge in [0.15, 0.2) is 5.78 Å². The van der Waals surface area contributed by atoms with Crippen LogP contribution < -0.4 is 0 Å². The number of unbranched alkanes of at least 4 members (excludes halogenated alkanes) is 1. The van der Waals surface area contributed by atoms with Crippen LogP contribution in [0.3, 0.4) is 0 Å². The Bertz CT molecular complexity index is 480. The average Bonchev–Trinajstić information content (AvgIpc) is 2.50. The van der Waals surface area contributed by atoms with Crippen molar-refractivity contribution in [1.29, 1.82) is 0 Å². The molecule has 0 aromatic rings. The van der Waals surface area contributed by atoms with E-state index in [1.165, 1.54) is 5.57 Å². The molecule has 0 saturated heterocycles. The van der Waals surface area contributed by atoms with E-state index in [0.29, 0.717) is 12.3 Å². The van der Waals surface area contributed by atoms with Gasteiger partial charge in [-0.25, -0.2) is 0 Å². The summed E-state index contributed by atoms with van der Waals surface area (Å²) in [5, 5.41) is 19.3. The van der Waals surface area contributed by atoms with E-state index in [2.05, 4.69) is 31.7 Å². The molecular weight excluding hydrogens is 300 g/mol. The van der Waals surface area contributed by atoms with Crippen LogP contribution in [-0.4, -0.2) is 27.7 Å². The first-order valence-corrected chi connectivity index (χ1v) is 9.17. The molecule has 0 amide bonds. The van der Waals surface area contributed by atoms with Gasteiger partial charge in [0.05, 0.1) is 6.10 Å². The second-order valence-electron chi connectivity index (χ2n) is 7.68. The molecule has 1 rings (SSSR count). The van der Waals surface area contributed by atoms with Crippen molar-refractivity contribution in [2.45, 2.75) is 83.8 Å². The lowest BCUT2D eigenvalue weighted by atomic mass is 9.88. The van der Waals surface area contributed by atoms with Crippen molar-refractivity contribution in [3.8, 4) is 0 Å². The second-order valence-corrected chi connectivity index (χ2v) is 7.68. The van der Waals surface area contributed by atoms with E-state index < -0.39 is 5.60 Å². The molecule has 1 saturated carbocycles. The number of hydrogen-bond acceptors (Lipinski definition) is 3. The van der Waals surface area contributed by atoms with Crippen molar-refractivity contribution in [2.24, 2.45) is 5.92 Å². The molecule has 0 unspecified atom stereocenters. The molecule has 0 aromatic carbocycles. The molecule has 24 heavy (non-hydrogen) atoms. The van der Waals surface area contributed by atoms with E-state index in [1.54, 1.807) is 13.8 Å². The summed E-state index contributed by atoms with van der Waals surface area (Å²) in [7, 11) is 0. The van der Waals surface area contributed by atoms with Crippen LogP contribution in [0.4, 0.5) is 0 Å². The second kappa shape index (κ2) is 9.95. The lowest BCUT2D eigenvalue weighted by Gasteiger charge is -2.21. The smallest absolute Gasteiger partial charge is 0.163 e. The van der Waals surface area contributed by atoms with E-state index in [1.807, 2.05) is 0 Å². The summed E-state index contributed by atoms with van der Waals surface area (Å²) in [6.45, 7) is 9.33. The zero-order chi connectivity index (χ0) is 18.2. The van der Waals surface area contributed by atoms with E-state index in [9.17, 15) is 15.0 Å². The Kier molecular flexibility index (Phi) is 8.65. The zero-order valence-corrected chi connectivity index (χ0v) is 15.6. The van der Waals surface area contributed by atoms with E-state index in [4.69, 9.17) is 0 Å². The van der Waals surface area contributed by atoms with Gasteiger partial charge in [0.2, 0.25) is 0 Å². The number of hydrogen-bond donors (Lipinski definition) is 2. The minimum atomic E-state index is -1.20. The molecule has 1 aliphatic rings. The van der Waals surface area contributed by atoms with Crippen molar-refractivity contribution in [3.05, 3.63) is 36.0 Å². The number of allylic oxidation sites excluding steroid dienone is 4. The summed E-state index contributed by atoms with van der Waals surface area (Å²) >= 11 is 0. The van der Waals surface area contributed by atoms with Crippen molar-refractivity contribution in [2.75, 3.05) is 0 Å². The Morgan fingerprint density at radius 1 is 1.42 bits per heavy atom. The number of carbonyl (C=O) groups is 1. The van der Waals surface area contributed by atoms with Crippen molar-refractivity contribution in [1.82, 2.24) is 0 Å². The third kappa shape index (κ3) is 8.07. The first-order valence-electron chi connectivity index (χ1n) is 9.17. The van der Waals surface area contributed by atoms with Gasteiger partial charge < -0.3 is 10.2 Å². The van der Waals surface area contributed by atoms with E-state index in [0.717, 1.165) is 50.5 Å². The molecule has 0 bridgehead atoms. The summed E-state index contributed by atoms with van der Waals surface area (Å²) in [5.41, 5.74) is 1.12. The molecule has 0 aliphatic heterocycles. The van der Waals surface area contributed by atoms with Crippen LogP contribution in [0.1, 0.15) is 72.1 Å². The van der Waals surface area contributed by atoms with Gasteiger partial charge in [-0.3, -0.25) is 4.79 Å². The molecule has 2 atom stereocenters. The van der Waals surface area contributed by atoms with Gasteiger partial charge in [0, 0.05) is 6.42 Å². The Morgan fingerprint density at radius 3 is 2.79 bits per heavy atom. The average molecular weight is 335 g/mol. The van der Waals surface area contributed by atoms with Crippen LogP contribution in [0.15, 0.2) is 36.0 Å². The number of carbonyl (C=O) groups excluding carboxylic acids is 1. The molecule has 0 heterocycles. The van der Waals surface area contributed by atoms with Crippen LogP contribution >= 0.6 is 0 Å². The van der Waals surface area contributed by atoms with Gasteiger partial charge in [0.1, 0.15) is 5.60 Å². The molecule has 3 heteroatoms. The third-order valence-electron chi connectivity index (χ3n) is 4.74. The lowest BCUT2D eigenvalue weighted by molar-refractivity contribution is -0.134. The maximum absolute atomic E-state index is 11.7. The Morgan fingerprint density at radius 2 is 2.12 bits per heavy atom. The predicted molar refractivity (Wildman–Crippen MR) is 99.8 cm³/mol. The summed E-state index contributed by atoms with van der Waals surface area (Å²) in [5.74, 6) is 0.423. The highest BCUT2D eigenvalue weighted by Crippen LogP contribution is 2.27. The zero-order valence-electron chi connectivity index (χ0n) is 15.6. The van der Waals surface area contributed by atoms with Crippen LogP contribution in [-0.2, 0) is 4.79 Å². The topological polar surface area (TPSA) is 57.5 Å². The van der Waals surface area contributed by atoms with Crippen molar-refractivity contribution >= 4 is 5.78 Å². The lowest BCUT2D eigenvalue weighted by Crippen LogP contribution is -2.31. The summed E-state index contributed by atoms with van der Waals surface area (Å²) < 4.78 is 0. The fourth-order valence-electron chi connectivity index (χ4n) is 2.88. The molecule has 0 aromatic heterocycles. The summed E-state index contributed by atoms with van der Waals surface area (Å²) in [4.78, 5) is 11.7. The Hall–Kier alpha value is -1.19. The molecule has 1 aliphatic carbocycles. The minimum Gasteiger partial charge on any atom is -0.393 e. The van der Waals surface area contributed by atoms with Gasteiger partial charge in [-0.2, -0.15) is 0 Å². The van der Waals surface area contributed by atoms with Crippen molar-refractivity contribution < 1.29 is 15.0 Å². The number of Topliss-reactive ketones (excluding diaryl/α,β-unsaturated/α-hetero) is 1. The Labute approximate surface area is 147 Å². The van der Waals surface area contributed by atoms with Crippen LogP contribution in [0, 0.1) is 5.92 Å². The normalized spacial score (nSPS) is 22.3. The first kappa shape index (κ1) is 20.9. The first-order chi connectivity index (χ1) is 11.2. The quantitative estimate of drug-likeness (QED) is 0.611. The molecule has 1 fully saturated rings. The van der Waals surface area contributed by atoms with Gasteiger partial charge in [0.25, 0.3) is 0 Å². The summed E-state index contributed by atoms with van der Waals surface area (Å²) in [6, 6.07) is 0. The SMILES string of the molecule is C=C1CC[C@H](O)C/C1=C/C=C/CCC[C@@H](C)CCC(=O)C(C)(C)O.